The van der Waals surface area contributed by atoms with Gasteiger partial charge in [-0.05, 0) is 71.3 Å². The quantitative estimate of drug-likeness (QED) is 0.228. The van der Waals surface area contributed by atoms with E-state index in [1.165, 1.54) is 27.5 Å². The number of aromatic nitrogens is 1. The third-order valence-corrected chi connectivity index (χ3v) is 8.34. The van der Waals surface area contributed by atoms with Gasteiger partial charge in [0, 0.05) is 21.7 Å². The van der Waals surface area contributed by atoms with Crippen molar-refractivity contribution in [1.82, 2.24) is 4.98 Å². The number of aryl methyl sites for hydroxylation is 1. The summed E-state index contributed by atoms with van der Waals surface area (Å²) in [6.07, 6.45) is 3.61. The molecule has 0 spiro atoms. The van der Waals surface area contributed by atoms with Crippen LogP contribution < -0.4 is 4.90 Å². The first-order valence-electron chi connectivity index (χ1n) is 12.4. The fraction of sp³-hybridized carbons (Fsp3) is 0.121. The predicted octanol–water partition coefficient (Wildman–Crippen LogP) is 8.81. The van der Waals surface area contributed by atoms with Crippen LogP contribution in [0.5, 0.6) is 0 Å². The standard InChI is InChI=1S/C33H24N4S/c1-21-8-11-25(12-9-21)37(26-13-10-23-6-4-5-7-24(23)15-26)27-16-29-31(36-20-27)32-30(33(29,2)3)17-28(38-32)14-22(18-34)19-35/h4-17,20H,1-3H3. The predicted molar refractivity (Wildman–Crippen MR) is 156 cm³/mol. The number of pyridine rings is 1. The van der Waals surface area contributed by atoms with Crippen molar-refractivity contribution in [3.05, 3.63) is 112 Å². The van der Waals surface area contributed by atoms with Crippen LogP contribution in [0.15, 0.2) is 90.6 Å². The molecular weight excluding hydrogens is 484 g/mol. The Balaban J connectivity index is 1.49. The van der Waals surface area contributed by atoms with Crippen molar-refractivity contribution in [2.45, 2.75) is 26.2 Å². The molecule has 0 amide bonds. The van der Waals surface area contributed by atoms with E-state index >= 15 is 0 Å². The van der Waals surface area contributed by atoms with Gasteiger partial charge < -0.3 is 4.90 Å². The number of thiophene rings is 1. The second kappa shape index (κ2) is 8.99. The lowest BCUT2D eigenvalue weighted by molar-refractivity contribution is 0.660. The Morgan fingerprint density at radius 1 is 0.842 bits per heavy atom. The van der Waals surface area contributed by atoms with Crippen LogP contribution in [-0.2, 0) is 5.41 Å². The summed E-state index contributed by atoms with van der Waals surface area (Å²) in [6.45, 7) is 6.53. The van der Waals surface area contributed by atoms with E-state index in [-0.39, 0.29) is 11.0 Å². The molecule has 38 heavy (non-hydrogen) atoms. The minimum atomic E-state index is -0.266. The van der Waals surface area contributed by atoms with E-state index in [1.807, 2.05) is 18.3 Å². The van der Waals surface area contributed by atoms with Crippen LogP contribution in [0, 0.1) is 29.6 Å². The summed E-state index contributed by atoms with van der Waals surface area (Å²) >= 11 is 1.58. The second-order valence-electron chi connectivity index (χ2n) is 10.1. The molecule has 4 nitrogen and oxygen atoms in total. The summed E-state index contributed by atoms with van der Waals surface area (Å²) in [6, 6.07) is 31.8. The summed E-state index contributed by atoms with van der Waals surface area (Å²) in [5.74, 6) is 0. The first kappa shape index (κ1) is 23.7. The Hall–Kier alpha value is -4.71. The highest BCUT2D eigenvalue weighted by Gasteiger charge is 2.39. The molecule has 0 radical (unpaired) electrons. The van der Waals surface area contributed by atoms with E-state index in [9.17, 15) is 10.5 Å². The highest BCUT2D eigenvalue weighted by Crippen LogP contribution is 2.53. The largest absolute Gasteiger partial charge is 0.309 e. The van der Waals surface area contributed by atoms with Crippen LogP contribution in [0.25, 0.3) is 27.4 Å². The van der Waals surface area contributed by atoms with Crippen LogP contribution in [0.3, 0.4) is 0 Å². The number of anilines is 3. The average Bonchev–Trinajstić information content (AvgIpc) is 3.45. The number of hydrogen-bond donors (Lipinski definition) is 0. The van der Waals surface area contributed by atoms with E-state index in [4.69, 9.17) is 4.98 Å². The first-order valence-corrected chi connectivity index (χ1v) is 13.2. The highest BCUT2D eigenvalue weighted by molar-refractivity contribution is 7.16. The summed E-state index contributed by atoms with van der Waals surface area (Å²) in [5, 5.41) is 20.8. The van der Waals surface area contributed by atoms with Crippen molar-refractivity contribution in [3.63, 3.8) is 0 Å². The SMILES string of the molecule is Cc1ccc(N(c2cnc3c(c2)C(C)(C)c2cc(C=C(C#N)C#N)sc2-3)c2ccc3ccccc3c2)cc1. The number of nitriles is 2. The topological polar surface area (TPSA) is 63.7 Å². The maximum atomic E-state index is 9.19. The van der Waals surface area contributed by atoms with Crippen LogP contribution >= 0.6 is 11.3 Å². The fourth-order valence-corrected chi connectivity index (χ4v) is 6.46. The first-order chi connectivity index (χ1) is 18.4. The van der Waals surface area contributed by atoms with Crippen molar-refractivity contribution in [3.8, 4) is 22.7 Å². The number of rotatable bonds is 4. The minimum absolute atomic E-state index is 0.107. The molecule has 0 aliphatic heterocycles. The number of hydrogen-bond acceptors (Lipinski definition) is 5. The molecule has 2 heterocycles. The molecule has 0 unspecified atom stereocenters. The van der Waals surface area contributed by atoms with Gasteiger partial charge in [-0.25, -0.2) is 0 Å². The molecule has 0 saturated heterocycles. The zero-order valence-corrected chi connectivity index (χ0v) is 22.2. The lowest BCUT2D eigenvalue weighted by atomic mass is 9.83. The second-order valence-corrected chi connectivity index (χ2v) is 11.2. The van der Waals surface area contributed by atoms with Gasteiger partial charge in [0.15, 0.2) is 0 Å². The molecule has 2 aromatic heterocycles. The van der Waals surface area contributed by atoms with Crippen molar-refractivity contribution in [2.24, 2.45) is 0 Å². The molecule has 0 fully saturated rings. The van der Waals surface area contributed by atoms with Crippen molar-refractivity contribution < 1.29 is 0 Å². The third kappa shape index (κ3) is 3.86. The molecule has 1 aliphatic rings. The molecule has 5 heteroatoms. The van der Waals surface area contributed by atoms with E-state index in [1.54, 1.807) is 17.4 Å². The monoisotopic (exact) mass is 508 g/mol. The fourth-order valence-electron chi connectivity index (χ4n) is 5.19. The third-order valence-electron chi connectivity index (χ3n) is 7.26. The van der Waals surface area contributed by atoms with Gasteiger partial charge in [-0.2, -0.15) is 10.5 Å². The summed E-state index contributed by atoms with van der Waals surface area (Å²) < 4.78 is 0. The molecule has 182 valence electrons. The van der Waals surface area contributed by atoms with Gasteiger partial charge in [0.1, 0.15) is 17.7 Å². The van der Waals surface area contributed by atoms with Crippen molar-refractivity contribution in [1.29, 1.82) is 10.5 Å². The molecular formula is C33H24N4S. The van der Waals surface area contributed by atoms with E-state index in [2.05, 4.69) is 105 Å². The lowest BCUT2D eigenvalue weighted by Crippen LogP contribution is -2.17. The zero-order valence-electron chi connectivity index (χ0n) is 21.4. The van der Waals surface area contributed by atoms with Gasteiger partial charge in [0.05, 0.1) is 22.5 Å². The number of nitrogens with zero attached hydrogens (tertiary/aromatic N) is 4. The molecule has 5 aromatic rings. The summed E-state index contributed by atoms with van der Waals surface area (Å²) in [7, 11) is 0. The van der Waals surface area contributed by atoms with Gasteiger partial charge in [0.2, 0.25) is 0 Å². The number of allylic oxidation sites excluding steroid dienone is 1. The Kier molecular flexibility index (Phi) is 5.60. The van der Waals surface area contributed by atoms with Crippen LogP contribution in [0.4, 0.5) is 17.1 Å². The maximum absolute atomic E-state index is 9.19. The molecule has 0 bridgehead atoms. The smallest absolute Gasteiger partial charge is 0.131 e. The van der Waals surface area contributed by atoms with Gasteiger partial charge in [-0.15, -0.1) is 11.3 Å². The molecule has 3 aromatic carbocycles. The average molecular weight is 509 g/mol. The molecule has 0 atom stereocenters. The Labute approximate surface area is 226 Å². The Morgan fingerprint density at radius 3 is 2.29 bits per heavy atom. The molecule has 0 saturated carbocycles. The van der Waals surface area contributed by atoms with Gasteiger partial charge in [-0.1, -0.05) is 61.9 Å². The zero-order chi connectivity index (χ0) is 26.4. The van der Waals surface area contributed by atoms with Gasteiger partial charge >= 0.3 is 0 Å². The van der Waals surface area contributed by atoms with E-state index in [0.29, 0.717) is 0 Å². The number of fused-ring (bicyclic) bond motifs is 4. The van der Waals surface area contributed by atoms with E-state index < -0.39 is 0 Å². The maximum Gasteiger partial charge on any atom is 0.131 e. The van der Waals surface area contributed by atoms with Gasteiger partial charge in [-0.3, -0.25) is 4.98 Å². The summed E-state index contributed by atoms with van der Waals surface area (Å²) in [4.78, 5) is 9.27. The lowest BCUT2D eigenvalue weighted by Gasteiger charge is -2.28. The number of benzene rings is 3. The molecule has 1 aliphatic carbocycles. The molecule has 6 rings (SSSR count). The van der Waals surface area contributed by atoms with Crippen LogP contribution in [-0.4, -0.2) is 4.98 Å². The highest BCUT2D eigenvalue weighted by atomic mass is 32.1. The minimum Gasteiger partial charge on any atom is -0.309 e. The van der Waals surface area contributed by atoms with Crippen LogP contribution in [0.1, 0.15) is 35.4 Å². The van der Waals surface area contributed by atoms with Crippen molar-refractivity contribution in [2.75, 3.05) is 4.90 Å². The van der Waals surface area contributed by atoms with E-state index in [0.717, 1.165) is 32.5 Å². The normalized spacial score (nSPS) is 12.8. The summed E-state index contributed by atoms with van der Waals surface area (Å²) in [5.41, 5.74) is 7.53. The molecule has 0 N–H and O–H groups in total. The van der Waals surface area contributed by atoms with Crippen molar-refractivity contribution >= 4 is 45.2 Å². The Morgan fingerprint density at radius 2 is 1.55 bits per heavy atom. The van der Waals surface area contributed by atoms with Gasteiger partial charge in [0.25, 0.3) is 0 Å². The Bertz CT molecular complexity index is 1810. The van der Waals surface area contributed by atoms with Crippen LogP contribution in [0.2, 0.25) is 0 Å².